The van der Waals surface area contributed by atoms with Crippen LogP contribution in [0.1, 0.15) is 57.1 Å². The topological polar surface area (TPSA) is 136 Å². The summed E-state index contributed by atoms with van der Waals surface area (Å²) in [4.78, 5) is 43.7. The molecule has 2 fully saturated rings. The third-order valence-corrected chi connectivity index (χ3v) is 8.99. The molecule has 3 N–H and O–H groups in total. The van der Waals surface area contributed by atoms with Gasteiger partial charge in [0.2, 0.25) is 17.7 Å². The maximum atomic E-state index is 13.7. The van der Waals surface area contributed by atoms with Crippen LogP contribution < -0.4 is 15.8 Å². The van der Waals surface area contributed by atoms with Crippen molar-refractivity contribution >= 4 is 28.8 Å². The highest BCUT2D eigenvalue weighted by atomic mass is 16.5. The third kappa shape index (κ3) is 6.82. The molecule has 3 unspecified atom stereocenters. The maximum absolute atomic E-state index is 13.7. The summed E-state index contributed by atoms with van der Waals surface area (Å²) in [5.74, 6) is 0.391. The van der Waals surface area contributed by atoms with E-state index in [4.69, 9.17) is 10.5 Å². The van der Waals surface area contributed by atoms with E-state index in [0.717, 1.165) is 53.7 Å². The Hall–Kier alpha value is -3.99. The number of aromatic nitrogens is 3. The minimum atomic E-state index is -0.858. The molecule has 2 aliphatic rings. The van der Waals surface area contributed by atoms with Crippen molar-refractivity contribution in [3.63, 3.8) is 0 Å². The van der Waals surface area contributed by atoms with Crippen LogP contribution in [0.15, 0.2) is 42.5 Å². The molecule has 5 rings (SSSR count). The second-order valence-electron chi connectivity index (χ2n) is 12.5. The lowest BCUT2D eigenvalue weighted by molar-refractivity contribution is -0.140. The Morgan fingerprint density at radius 3 is 2.58 bits per heavy atom. The molecular formula is C32H43N7O4. The normalized spacial score (nSPS) is 20.4. The van der Waals surface area contributed by atoms with Gasteiger partial charge >= 0.3 is 0 Å². The van der Waals surface area contributed by atoms with Crippen LogP contribution in [-0.2, 0) is 34.4 Å². The molecule has 43 heavy (non-hydrogen) atoms. The van der Waals surface area contributed by atoms with Crippen molar-refractivity contribution in [1.29, 1.82) is 0 Å². The molecule has 11 heteroatoms. The van der Waals surface area contributed by atoms with Gasteiger partial charge in [0.25, 0.3) is 0 Å². The lowest BCUT2D eigenvalue weighted by Crippen LogP contribution is -2.51. The van der Waals surface area contributed by atoms with E-state index < -0.39 is 12.1 Å². The van der Waals surface area contributed by atoms with Crippen molar-refractivity contribution in [2.24, 2.45) is 18.7 Å². The van der Waals surface area contributed by atoms with Gasteiger partial charge in [0.15, 0.2) is 0 Å². The van der Waals surface area contributed by atoms with E-state index in [-0.39, 0.29) is 42.0 Å². The zero-order valence-corrected chi connectivity index (χ0v) is 25.6. The van der Waals surface area contributed by atoms with Crippen LogP contribution in [0.5, 0.6) is 5.75 Å². The molecule has 1 aromatic heterocycles. The fourth-order valence-electron chi connectivity index (χ4n) is 6.48. The van der Waals surface area contributed by atoms with Crippen LogP contribution in [0.25, 0.3) is 11.0 Å². The molecule has 11 nitrogen and oxygen atoms in total. The average molecular weight is 590 g/mol. The van der Waals surface area contributed by atoms with Gasteiger partial charge in [-0.15, -0.1) is 5.10 Å². The van der Waals surface area contributed by atoms with E-state index in [9.17, 15) is 14.4 Å². The van der Waals surface area contributed by atoms with Gasteiger partial charge in [-0.3, -0.25) is 14.4 Å². The summed E-state index contributed by atoms with van der Waals surface area (Å²) in [6, 6.07) is 12.1. The summed E-state index contributed by atoms with van der Waals surface area (Å²) in [6.45, 7) is 5.62. The quantitative estimate of drug-likeness (QED) is 0.371. The molecular weight excluding hydrogens is 546 g/mol. The first-order valence-electron chi connectivity index (χ1n) is 15.1. The number of amides is 3. The highest BCUT2D eigenvalue weighted by molar-refractivity contribution is 5.91. The van der Waals surface area contributed by atoms with Crippen LogP contribution in [0.2, 0.25) is 0 Å². The Morgan fingerprint density at radius 1 is 1.14 bits per heavy atom. The standard InChI is InChI=1S/C32H43N7O4/c1-32(2)14-5-15-39(32)29(40)13-11-25(33)31(42)38-20-23(16-21-6-9-24(43-4)10-7-21)18-28(38)30(41)34-19-22-8-12-27-26(17-22)35-36-37(27)3/h6-10,12,17,23,25,28H,5,11,13-16,18-20,33H2,1-4H3,(H,34,41). The number of benzene rings is 2. The second-order valence-corrected chi connectivity index (χ2v) is 12.5. The summed E-state index contributed by atoms with van der Waals surface area (Å²) in [6.07, 6.45) is 3.66. The highest BCUT2D eigenvalue weighted by Gasteiger charge is 2.41. The van der Waals surface area contributed by atoms with Crippen LogP contribution in [0.4, 0.5) is 0 Å². The first-order chi connectivity index (χ1) is 20.6. The van der Waals surface area contributed by atoms with E-state index in [1.807, 2.05) is 54.4 Å². The number of nitrogens with two attached hydrogens (primary N) is 1. The van der Waals surface area contributed by atoms with Gasteiger partial charge in [0.1, 0.15) is 17.3 Å². The molecule has 0 aliphatic carbocycles. The monoisotopic (exact) mass is 589 g/mol. The van der Waals surface area contributed by atoms with Crippen LogP contribution in [0.3, 0.4) is 0 Å². The van der Waals surface area contributed by atoms with E-state index in [1.54, 1.807) is 16.7 Å². The number of likely N-dealkylation sites (tertiary alicyclic amines) is 2. The number of carbonyl (C=O) groups is 3. The van der Waals surface area contributed by atoms with E-state index in [2.05, 4.69) is 29.5 Å². The Kier molecular flexibility index (Phi) is 9.00. The predicted molar refractivity (Wildman–Crippen MR) is 163 cm³/mol. The number of rotatable bonds is 10. The van der Waals surface area contributed by atoms with Gasteiger partial charge in [-0.05, 0) is 87.3 Å². The largest absolute Gasteiger partial charge is 0.497 e. The number of ether oxygens (including phenoxy) is 1. The SMILES string of the molecule is COc1ccc(CC2CC(C(=O)NCc3ccc4c(c3)nnn4C)N(C(=O)C(N)CCC(=O)N3CCCC3(C)C)C2)cc1. The minimum absolute atomic E-state index is 0.0268. The molecule has 3 heterocycles. The lowest BCUT2D eigenvalue weighted by atomic mass is 9.96. The van der Waals surface area contributed by atoms with E-state index in [0.29, 0.717) is 19.5 Å². The molecule has 230 valence electrons. The van der Waals surface area contributed by atoms with E-state index in [1.165, 1.54) is 0 Å². The summed E-state index contributed by atoms with van der Waals surface area (Å²) in [5, 5.41) is 11.2. The van der Waals surface area contributed by atoms with Crippen molar-refractivity contribution in [3.05, 3.63) is 53.6 Å². The lowest BCUT2D eigenvalue weighted by Gasteiger charge is -2.32. The smallest absolute Gasteiger partial charge is 0.243 e. The summed E-state index contributed by atoms with van der Waals surface area (Å²) >= 11 is 0. The average Bonchev–Trinajstić information content (AvgIpc) is 3.70. The minimum Gasteiger partial charge on any atom is -0.497 e. The first kappa shape index (κ1) is 30.5. The first-order valence-corrected chi connectivity index (χ1v) is 15.1. The Balaban J connectivity index is 1.25. The molecule has 3 aromatic rings. The Bertz CT molecular complexity index is 1470. The van der Waals surface area contributed by atoms with Gasteiger partial charge in [-0.2, -0.15) is 0 Å². The zero-order chi connectivity index (χ0) is 30.7. The number of fused-ring (bicyclic) bond motifs is 1. The number of carbonyl (C=O) groups excluding carboxylic acids is 3. The molecule has 2 aromatic carbocycles. The van der Waals surface area contributed by atoms with Crippen LogP contribution >= 0.6 is 0 Å². The van der Waals surface area contributed by atoms with Crippen LogP contribution in [0, 0.1) is 5.92 Å². The van der Waals surface area contributed by atoms with Crippen molar-refractivity contribution in [2.45, 2.75) is 76.5 Å². The molecule has 2 saturated heterocycles. The van der Waals surface area contributed by atoms with Crippen LogP contribution in [-0.4, -0.2) is 80.3 Å². The number of aryl methyl sites for hydroxylation is 1. The highest BCUT2D eigenvalue weighted by Crippen LogP contribution is 2.30. The summed E-state index contributed by atoms with van der Waals surface area (Å²) in [7, 11) is 3.46. The van der Waals surface area contributed by atoms with Gasteiger partial charge in [-0.25, -0.2) is 4.68 Å². The summed E-state index contributed by atoms with van der Waals surface area (Å²) in [5.41, 5.74) is 9.90. The molecule has 3 atom stereocenters. The Labute approximate surface area is 252 Å². The molecule has 3 amide bonds. The molecule has 0 bridgehead atoms. The predicted octanol–water partition coefficient (Wildman–Crippen LogP) is 2.56. The fraction of sp³-hybridized carbons (Fsp3) is 0.531. The number of hydrogen-bond acceptors (Lipinski definition) is 7. The van der Waals surface area contributed by atoms with Crippen molar-refractivity contribution in [2.75, 3.05) is 20.2 Å². The zero-order valence-electron chi connectivity index (χ0n) is 25.6. The van der Waals surface area contributed by atoms with Gasteiger partial charge in [0.05, 0.1) is 18.7 Å². The van der Waals surface area contributed by atoms with Crippen molar-refractivity contribution in [3.8, 4) is 5.75 Å². The third-order valence-electron chi connectivity index (χ3n) is 8.99. The van der Waals surface area contributed by atoms with Crippen molar-refractivity contribution < 1.29 is 19.1 Å². The number of methoxy groups -OCH3 is 1. The number of nitrogens with zero attached hydrogens (tertiary/aromatic N) is 5. The summed E-state index contributed by atoms with van der Waals surface area (Å²) < 4.78 is 6.98. The number of hydrogen-bond donors (Lipinski definition) is 2. The fourth-order valence-corrected chi connectivity index (χ4v) is 6.48. The van der Waals surface area contributed by atoms with Gasteiger partial charge in [-0.1, -0.05) is 23.4 Å². The molecule has 0 radical (unpaired) electrons. The molecule has 2 aliphatic heterocycles. The molecule has 0 spiro atoms. The Morgan fingerprint density at radius 2 is 1.88 bits per heavy atom. The molecule has 0 saturated carbocycles. The number of nitrogens with one attached hydrogen (secondary N) is 1. The van der Waals surface area contributed by atoms with Gasteiger partial charge in [0, 0.05) is 38.6 Å². The maximum Gasteiger partial charge on any atom is 0.243 e. The van der Waals surface area contributed by atoms with E-state index >= 15 is 0 Å². The van der Waals surface area contributed by atoms with Gasteiger partial charge < -0.3 is 25.6 Å². The second kappa shape index (κ2) is 12.7. The van der Waals surface area contributed by atoms with Crippen molar-refractivity contribution in [1.82, 2.24) is 30.1 Å².